The molecule has 1 aromatic carbocycles. The molecule has 3 aromatic rings. The first kappa shape index (κ1) is 28.4. The van der Waals surface area contributed by atoms with Crippen LogP contribution in [0.25, 0.3) is 22.3 Å². The van der Waals surface area contributed by atoms with Crippen molar-refractivity contribution in [3.63, 3.8) is 0 Å². The van der Waals surface area contributed by atoms with Crippen LogP contribution in [0, 0.1) is 5.92 Å². The van der Waals surface area contributed by atoms with Gasteiger partial charge in [-0.3, -0.25) is 4.79 Å². The van der Waals surface area contributed by atoms with E-state index in [9.17, 15) is 4.79 Å². The van der Waals surface area contributed by atoms with Gasteiger partial charge < -0.3 is 29.2 Å². The highest BCUT2D eigenvalue weighted by Gasteiger charge is 2.30. The van der Waals surface area contributed by atoms with Gasteiger partial charge in [-0.05, 0) is 19.1 Å². The number of hydrogen-bond donors (Lipinski definition) is 1. The Morgan fingerprint density at radius 3 is 2.62 bits per heavy atom. The maximum Gasteiger partial charge on any atom is 0.165 e. The first-order chi connectivity index (χ1) is 19.3. The predicted octanol–water partition coefficient (Wildman–Crippen LogP) is 4.81. The third-order valence-corrected chi connectivity index (χ3v) is 7.87. The number of carbonyl (C=O) groups excluding carboxylic acids is 1. The molecule has 2 aromatic heterocycles. The number of methoxy groups -OCH3 is 2. The fourth-order valence-electron chi connectivity index (χ4n) is 5.03. The molecule has 2 aliphatic rings. The summed E-state index contributed by atoms with van der Waals surface area (Å²) in [5, 5.41) is 4.81. The molecule has 0 saturated carbocycles. The van der Waals surface area contributed by atoms with Crippen LogP contribution >= 0.6 is 23.2 Å². The Hall–Kier alpha value is -3.18. The van der Waals surface area contributed by atoms with E-state index in [-0.39, 0.29) is 33.9 Å². The summed E-state index contributed by atoms with van der Waals surface area (Å²) in [6, 6.07) is 3.49. The minimum atomic E-state index is -0.0669. The zero-order valence-corrected chi connectivity index (χ0v) is 24.1. The molecular formula is C28H31Cl2N5O5. The highest BCUT2D eigenvalue weighted by Crippen LogP contribution is 2.45. The molecule has 4 heterocycles. The van der Waals surface area contributed by atoms with Gasteiger partial charge in [-0.1, -0.05) is 29.8 Å². The van der Waals surface area contributed by atoms with Gasteiger partial charge in [0.25, 0.3) is 0 Å². The lowest BCUT2D eigenvalue weighted by Crippen LogP contribution is -2.41. The van der Waals surface area contributed by atoms with Crippen LogP contribution in [-0.2, 0) is 14.3 Å². The van der Waals surface area contributed by atoms with Crippen LogP contribution in [0.5, 0.6) is 11.5 Å². The zero-order valence-electron chi connectivity index (χ0n) is 22.6. The third kappa shape index (κ3) is 5.67. The predicted molar refractivity (Wildman–Crippen MR) is 155 cm³/mol. The van der Waals surface area contributed by atoms with Crippen molar-refractivity contribution in [2.24, 2.45) is 5.92 Å². The van der Waals surface area contributed by atoms with Gasteiger partial charge in [-0.25, -0.2) is 15.0 Å². The van der Waals surface area contributed by atoms with Gasteiger partial charge in [0.05, 0.1) is 73.5 Å². The summed E-state index contributed by atoms with van der Waals surface area (Å²) in [5.41, 5.74) is 1.02. The SMILES string of the molecule is C=CC(=O)C[C@H]1COC[C@H]1Nc1cc2c(N3CCOC(C)C3)nc(-c3c(Cl)c(OC)cc(OC)c3Cl)nc2cn1. The van der Waals surface area contributed by atoms with E-state index in [2.05, 4.69) is 21.8 Å². The molecule has 0 bridgehead atoms. The summed E-state index contributed by atoms with van der Waals surface area (Å²) in [6.07, 6.45) is 3.42. The van der Waals surface area contributed by atoms with Crippen LogP contribution in [0.15, 0.2) is 31.0 Å². The molecule has 0 amide bonds. The van der Waals surface area contributed by atoms with Gasteiger partial charge in [-0.2, -0.15) is 0 Å². The molecule has 2 aliphatic heterocycles. The number of allylic oxidation sites excluding steroid dienone is 1. The largest absolute Gasteiger partial charge is 0.495 e. The second-order valence-electron chi connectivity index (χ2n) is 9.79. The van der Waals surface area contributed by atoms with Crippen molar-refractivity contribution in [1.82, 2.24) is 15.0 Å². The number of morpholine rings is 1. The number of ketones is 1. The first-order valence-electron chi connectivity index (χ1n) is 13.0. The number of hydrogen-bond acceptors (Lipinski definition) is 10. The Morgan fingerprint density at radius 1 is 1.20 bits per heavy atom. The van der Waals surface area contributed by atoms with Gasteiger partial charge in [0.1, 0.15) is 23.1 Å². The molecule has 1 unspecified atom stereocenters. The van der Waals surface area contributed by atoms with Crippen molar-refractivity contribution in [3.05, 3.63) is 41.0 Å². The number of nitrogens with zero attached hydrogens (tertiary/aromatic N) is 4. The Labute approximate surface area is 242 Å². The molecule has 12 heteroatoms. The van der Waals surface area contributed by atoms with Crippen LogP contribution in [0.1, 0.15) is 13.3 Å². The number of benzene rings is 1. The highest BCUT2D eigenvalue weighted by atomic mass is 35.5. The fraction of sp³-hybridized carbons (Fsp3) is 0.429. The molecule has 40 heavy (non-hydrogen) atoms. The number of carbonyl (C=O) groups is 1. The fourth-order valence-corrected chi connectivity index (χ4v) is 5.70. The minimum Gasteiger partial charge on any atom is -0.495 e. The lowest BCUT2D eigenvalue weighted by molar-refractivity contribution is -0.115. The first-order valence-corrected chi connectivity index (χ1v) is 13.7. The van der Waals surface area contributed by atoms with Gasteiger partial charge >= 0.3 is 0 Å². The lowest BCUT2D eigenvalue weighted by atomic mass is 9.97. The van der Waals surface area contributed by atoms with E-state index in [1.54, 1.807) is 12.3 Å². The van der Waals surface area contributed by atoms with E-state index in [0.29, 0.717) is 79.4 Å². The second kappa shape index (κ2) is 12.1. The van der Waals surface area contributed by atoms with Crippen molar-refractivity contribution < 1.29 is 23.7 Å². The molecule has 1 N–H and O–H groups in total. The maximum atomic E-state index is 12.0. The lowest BCUT2D eigenvalue weighted by Gasteiger charge is -2.33. The van der Waals surface area contributed by atoms with Crippen LogP contribution < -0.4 is 19.7 Å². The van der Waals surface area contributed by atoms with Gasteiger partial charge in [-0.15, -0.1) is 0 Å². The molecule has 0 spiro atoms. The molecule has 5 rings (SSSR count). The van der Waals surface area contributed by atoms with Crippen molar-refractivity contribution >= 4 is 51.5 Å². The number of rotatable bonds is 9. The van der Waals surface area contributed by atoms with Crippen LogP contribution in [0.4, 0.5) is 11.6 Å². The zero-order chi connectivity index (χ0) is 28.4. The summed E-state index contributed by atoms with van der Waals surface area (Å²) in [6.45, 7) is 8.43. The van der Waals surface area contributed by atoms with Crippen LogP contribution in [0.2, 0.25) is 10.0 Å². The topological polar surface area (TPSA) is 108 Å². The number of ether oxygens (including phenoxy) is 4. The van der Waals surface area contributed by atoms with Crippen LogP contribution in [0.3, 0.4) is 0 Å². The number of pyridine rings is 1. The Morgan fingerprint density at radius 2 is 1.95 bits per heavy atom. The number of aromatic nitrogens is 3. The number of fused-ring (bicyclic) bond motifs is 1. The average Bonchev–Trinajstić information content (AvgIpc) is 3.38. The second-order valence-corrected chi connectivity index (χ2v) is 10.5. The van der Waals surface area contributed by atoms with E-state index in [1.807, 2.05) is 13.0 Å². The minimum absolute atomic E-state index is 0.00934. The molecule has 2 fully saturated rings. The molecule has 212 valence electrons. The smallest absolute Gasteiger partial charge is 0.165 e. The molecule has 0 radical (unpaired) electrons. The van der Waals surface area contributed by atoms with Crippen molar-refractivity contribution in [1.29, 1.82) is 0 Å². The monoisotopic (exact) mass is 587 g/mol. The number of anilines is 2. The summed E-state index contributed by atoms with van der Waals surface area (Å²) < 4.78 is 22.4. The molecule has 3 atom stereocenters. The quantitative estimate of drug-likeness (QED) is 0.350. The van der Waals surface area contributed by atoms with Gasteiger partial charge in [0.2, 0.25) is 0 Å². The molecule has 2 saturated heterocycles. The number of nitrogens with one attached hydrogen (secondary N) is 1. The normalized spacial score (nSPS) is 20.9. The van der Waals surface area contributed by atoms with E-state index >= 15 is 0 Å². The Bertz CT molecular complexity index is 1410. The van der Waals surface area contributed by atoms with Crippen molar-refractivity contribution in [2.75, 3.05) is 57.3 Å². The highest BCUT2D eigenvalue weighted by molar-refractivity contribution is 6.41. The Balaban J connectivity index is 1.60. The molecular weight excluding hydrogens is 557 g/mol. The van der Waals surface area contributed by atoms with Crippen LogP contribution in [-0.4, -0.2) is 80.0 Å². The van der Waals surface area contributed by atoms with E-state index < -0.39 is 0 Å². The standard InChI is InChI=1S/C28H31Cl2N5O5/c1-5-17(36)8-16-13-39-14-20(16)32-23-9-18-19(11-31-23)33-27(34-28(18)35-6-7-40-15(2)12-35)24-25(29)21(37-3)10-22(38-4)26(24)30/h5,9-11,15-16,20H,1,6-8,12-14H2,2-4H3,(H,31,32)/t15?,16-,20+/m0/s1. The summed E-state index contributed by atoms with van der Waals surface area (Å²) in [7, 11) is 3.04. The Kier molecular flexibility index (Phi) is 8.60. The van der Waals surface area contributed by atoms with E-state index in [1.165, 1.54) is 20.3 Å². The third-order valence-electron chi connectivity index (χ3n) is 7.12. The van der Waals surface area contributed by atoms with E-state index in [0.717, 1.165) is 5.39 Å². The maximum absolute atomic E-state index is 12.0. The number of halogens is 2. The summed E-state index contributed by atoms with van der Waals surface area (Å²) in [5.74, 6) is 2.46. The molecule has 10 nitrogen and oxygen atoms in total. The average molecular weight is 588 g/mol. The summed E-state index contributed by atoms with van der Waals surface area (Å²) >= 11 is 13.4. The van der Waals surface area contributed by atoms with Gasteiger partial charge in [0.15, 0.2) is 11.6 Å². The van der Waals surface area contributed by atoms with Gasteiger partial charge in [0, 0.05) is 36.9 Å². The summed E-state index contributed by atoms with van der Waals surface area (Å²) in [4.78, 5) is 28.6. The van der Waals surface area contributed by atoms with Crippen molar-refractivity contribution in [2.45, 2.75) is 25.5 Å². The van der Waals surface area contributed by atoms with E-state index in [4.69, 9.17) is 52.1 Å². The molecule has 0 aliphatic carbocycles. The van der Waals surface area contributed by atoms with Crippen molar-refractivity contribution in [3.8, 4) is 22.9 Å².